The van der Waals surface area contributed by atoms with E-state index in [1.54, 1.807) is 29.7 Å². The highest BCUT2D eigenvalue weighted by Crippen LogP contribution is 2.28. The van der Waals surface area contributed by atoms with Gasteiger partial charge in [0, 0.05) is 25.1 Å². The minimum atomic E-state index is -4.43. The molecule has 0 saturated heterocycles. The summed E-state index contributed by atoms with van der Waals surface area (Å²) in [5.74, 6) is -4.65. The van der Waals surface area contributed by atoms with E-state index in [0.29, 0.717) is 11.1 Å². The van der Waals surface area contributed by atoms with Gasteiger partial charge in [0.25, 0.3) is 16.0 Å². The van der Waals surface area contributed by atoms with Gasteiger partial charge in [0.05, 0.1) is 29.0 Å². The van der Waals surface area contributed by atoms with Crippen LogP contribution in [0.3, 0.4) is 0 Å². The fourth-order valence-electron chi connectivity index (χ4n) is 5.25. The second-order valence-corrected chi connectivity index (χ2v) is 12.3. The maximum Gasteiger partial charge on any atom is 0.294 e. The minimum Gasteiger partial charge on any atom is -0.461 e. The molecule has 0 bridgehead atoms. The van der Waals surface area contributed by atoms with Crippen LogP contribution in [0.25, 0.3) is 0 Å². The van der Waals surface area contributed by atoms with Crippen LogP contribution in [0.15, 0.2) is 76.2 Å². The lowest BCUT2D eigenvalue weighted by Gasteiger charge is -2.30. The molecule has 1 aliphatic heterocycles. The highest BCUT2D eigenvalue weighted by atomic mass is 32.2. The van der Waals surface area contributed by atoms with Crippen LogP contribution in [0.2, 0.25) is 0 Å². The van der Waals surface area contributed by atoms with Gasteiger partial charge in [0.2, 0.25) is 17.6 Å². The molecular weight excluding hydrogens is 578 g/mol. The van der Waals surface area contributed by atoms with Crippen molar-refractivity contribution < 1.29 is 41.8 Å². The average molecular weight is 612 g/mol. The highest BCUT2D eigenvalue weighted by molar-refractivity contribution is 7.85. The first kappa shape index (κ1) is 31.6. The van der Waals surface area contributed by atoms with Crippen molar-refractivity contribution in [2.24, 2.45) is 17.8 Å². The lowest BCUT2D eigenvalue weighted by molar-refractivity contribution is -0.141. The first-order valence-corrected chi connectivity index (χ1v) is 15.1. The molecule has 12 nitrogen and oxygen atoms in total. The van der Waals surface area contributed by atoms with E-state index >= 15 is 0 Å². The standard InChI is InChI=1S/C30H33N3O9S/c1-18(2)14-23(24(29(36)32-38)17-33-16-20-6-3-4-7-22(20)30(33)37)28(35)31-25(27(34)26-8-5-13-42-26)15-19-9-11-21(12-10-19)43(39,40)41/h3-13,18,23-25,38H,14-17H2,1-2H3,(H,31,35)(H,32,36)(H,39,40,41)/t23-,24?,25+/m1/s1. The van der Waals surface area contributed by atoms with Crippen LogP contribution in [-0.2, 0) is 32.7 Å². The van der Waals surface area contributed by atoms with Gasteiger partial charge in [-0.05, 0) is 53.8 Å². The summed E-state index contributed by atoms with van der Waals surface area (Å²) in [5, 5.41) is 12.3. The van der Waals surface area contributed by atoms with E-state index in [-0.39, 0.29) is 48.4 Å². The number of hydrogen-bond donors (Lipinski definition) is 4. The minimum absolute atomic E-state index is 0.0228. The van der Waals surface area contributed by atoms with Crippen molar-refractivity contribution in [3.8, 4) is 0 Å². The Morgan fingerprint density at radius 1 is 0.977 bits per heavy atom. The number of carbonyl (C=O) groups is 4. The summed E-state index contributed by atoms with van der Waals surface area (Å²) in [6.07, 6.45) is 1.44. The van der Waals surface area contributed by atoms with E-state index in [2.05, 4.69) is 5.32 Å². The smallest absolute Gasteiger partial charge is 0.294 e. The fraction of sp³-hybridized carbons (Fsp3) is 0.333. The SMILES string of the molecule is CC(C)C[C@@H](C(=O)N[C@@H](Cc1ccc(S(=O)(=O)O)cc1)C(=O)c1ccco1)C(CN1Cc2ccccc2C1=O)C(=O)NO. The number of Topliss-reactive ketones (excluding diaryl/α,β-unsaturated/α-hetero) is 1. The largest absolute Gasteiger partial charge is 0.461 e. The van der Waals surface area contributed by atoms with Gasteiger partial charge in [-0.2, -0.15) is 8.42 Å². The number of carbonyl (C=O) groups excluding carboxylic acids is 4. The number of nitrogens with zero attached hydrogens (tertiary/aromatic N) is 1. The maximum absolute atomic E-state index is 13.9. The van der Waals surface area contributed by atoms with E-state index in [9.17, 15) is 37.4 Å². The Hall–Kier alpha value is -4.33. The molecule has 0 saturated carbocycles. The average Bonchev–Trinajstić information content (AvgIpc) is 3.62. The molecule has 2 aromatic carbocycles. The van der Waals surface area contributed by atoms with Gasteiger partial charge in [-0.1, -0.05) is 44.2 Å². The second kappa shape index (κ2) is 13.3. The zero-order valence-corrected chi connectivity index (χ0v) is 24.4. The molecule has 3 aromatic rings. The van der Waals surface area contributed by atoms with Crippen molar-refractivity contribution in [3.05, 3.63) is 89.4 Å². The molecule has 2 heterocycles. The van der Waals surface area contributed by atoms with Gasteiger partial charge in [-0.25, -0.2) is 5.48 Å². The van der Waals surface area contributed by atoms with Crippen LogP contribution in [0, 0.1) is 17.8 Å². The Morgan fingerprint density at radius 2 is 1.67 bits per heavy atom. The molecule has 1 aliphatic rings. The van der Waals surface area contributed by atoms with Crippen molar-refractivity contribution >= 4 is 33.6 Å². The van der Waals surface area contributed by atoms with Crippen LogP contribution in [0.5, 0.6) is 0 Å². The summed E-state index contributed by atoms with van der Waals surface area (Å²) >= 11 is 0. The van der Waals surface area contributed by atoms with Crippen LogP contribution in [-0.4, -0.2) is 59.2 Å². The lowest BCUT2D eigenvalue weighted by Crippen LogP contribution is -2.51. The summed E-state index contributed by atoms with van der Waals surface area (Å²) < 4.78 is 37.4. The van der Waals surface area contributed by atoms with Gasteiger partial charge in [-0.3, -0.25) is 28.9 Å². The van der Waals surface area contributed by atoms with Gasteiger partial charge in [0.15, 0.2) is 5.76 Å². The molecule has 4 N–H and O–H groups in total. The fourth-order valence-corrected chi connectivity index (χ4v) is 5.73. The molecule has 13 heteroatoms. The Bertz CT molecular complexity index is 1580. The molecule has 228 valence electrons. The Morgan fingerprint density at radius 3 is 2.26 bits per heavy atom. The van der Waals surface area contributed by atoms with E-state index < -0.39 is 45.6 Å². The number of ketones is 1. The molecule has 3 atom stereocenters. The third-order valence-electron chi connectivity index (χ3n) is 7.37. The van der Waals surface area contributed by atoms with Crippen LogP contribution >= 0.6 is 0 Å². The third-order valence-corrected chi connectivity index (χ3v) is 8.23. The van der Waals surface area contributed by atoms with Crippen molar-refractivity contribution in [2.45, 2.75) is 44.2 Å². The van der Waals surface area contributed by atoms with Gasteiger partial charge in [-0.15, -0.1) is 0 Å². The lowest BCUT2D eigenvalue weighted by atomic mass is 9.83. The topological polar surface area (TPSA) is 183 Å². The summed E-state index contributed by atoms with van der Waals surface area (Å²) in [6, 6.07) is 14.0. The number of hydroxylamine groups is 1. The summed E-state index contributed by atoms with van der Waals surface area (Å²) in [7, 11) is -4.43. The summed E-state index contributed by atoms with van der Waals surface area (Å²) in [4.78, 5) is 54.5. The van der Waals surface area contributed by atoms with Crippen molar-refractivity contribution in [3.63, 3.8) is 0 Å². The first-order valence-electron chi connectivity index (χ1n) is 13.6. The Labute approximate surface area is 248 Å². The van der Waals surface area contributed by atoms with Crippen molar-refractivity contribution in [1.29, 1.82) is 0 Å². The van der Waals surface area contributed by atoms with E-state index in [0.717, 1.165) is 5.56 Å². The molecule has 1 aromatic heterocycles. The van der Waals surface area contributed by atoms with Crippen LogP contribution in [0.4, 0.5) is 0 Å². The molecule has 0 spiro atoms. The number of furan rings is 1. The van der Waals surface area contributed by atoms with Crippen LogP contribution in [0.1, 0.15) is 52.3 Å². The molecule has 1 unspecified atom stereocenters. The molecule has 0 fully saturated rings. The maximum atomic E-state index is 13.9. The second-order valence-electron chi connectivity index (χ2n) is 10.9. The van der Waals surface area contributed by atoms with Gasteiger partial charge < -0.3 is 14.6 Å². The van der Waals surface area contributed by atoms with E-state index in [1.165, 1.54) is 47.6 Å². The monoisotopic (exact) mass is 611 g/mol. The molecule has 0 radical (unpaired) electrons. The third kappa shape index (κ3) is 7.55. The summed E-state index contributed by atoms with van der Waals surface area (Å²) in [5.41, 5.74) is 3.39. The van der Waals surface area contributed by atoms with Crippen molar-refractivity contribution in [1.82, 2.24) is 15.7 Å². The van der Waals surface area contributed by atoms with Gasteiger partial charge >= 0.3 is 0 Å². The zero-order chi connectivity index (χ0) is 31.3. The normalized spacial score (nSPS) is 15.1. The van der Waals surface area contributed by atoms with E-state index in [1.807, 2.05) is 13.8 Å². The first-order chi connectivity index (χ1) is 20.4. The van der Waals surface area contributed by atoms with Gasteiger partial charge in [0.1, 0.15) is 0 Å². The Balaban J connectivity index is 1.62. The predicted molar refractivity (Wildman–Crippen MR) is 152 cm³/mol. The molecule has 43 heavy (non-hydrogen) atoms. The molecule has 3 amide bonds. The predicted octanol–water partition coefficient (Wildman–Crippen LogP) is 2.88. The number of nitrogens with one attached hydrogen (secondary N) is 2. The quantitative estimate of drug-likeness (QED) is 0.0977. The number of amides is 3. The number of fused-ring (bicyclic) bond motifs is 1. The number of benzene rings is 2. The molecular formula is C30H33N3O9S. The summed E-state index contributed by atoms with van der Waals surface area (Å²) in [6.45, 7) is 3.79. The highest BCUT2D eigenvalue weighted by Gasteiger charge is 2.40. The molecule has 0 aliphatic carbocycles. The Kier molecular flexibility index (Phi) is 9.79. The zero-order valence-electron chi connectivity index (χ0n) is 23.6. The van der Waals surface area contributed by atoms with Crippen molar-refractivity contribution in [2.75, 3.05) is 6.54 Å². The van der Waals surface area contributed by atoms with E-state index in [4.69, 9.17) is 4.42 Å². The van der Waals surface area contributed by atoms with Crippen LogP contribution < -0.4 is 10.8 Å². The number of rotatable bonds is 13. The number of hydrogen-bond acceptors (Lipinski definition) is 8. The molecule has 4 rings (SSSR count).